The van der Waals surface area contributed by atoms with Crippen LogP contribution < -0.4 is 15.6 Å². The number of rotatable bonds is 5. The molecule has 0 aliphatic heterocycles. The maximum absolute atomic E-state index is 12.9. The number of aromatic amines is 1. The van der Waals surface area contributed by atoms with Crippen molar-refractivity contribution in [2.75, 3.05) is 12.4 Å². The van der Waals surface area contributed by atoms with Crippen LogP contribution in [0.15, 0.2) is 53.3 Å². The molecule has 31 heavy (non-hydrogen) atoms. The number of thiocarbonyl (C=S) groups is 1. The van der Waals surface area contributed by atoms with Gasteiger partial charge in [-0.25, -0.2) is 0 Å². The number of methoxy groups -OCH3 is 1. The van der Waals surface area contributed by atoms with E-state index in [4.69, 9.17) is 17.0 Å². The number of pyridine rings is 1. The number of benzene rings is 2. The van der Waals surface area contributed by atoms with Crippen LogP contribution in [0.2, 0.25) is 0 Å². The van der Waals surface area contributed by atoms with Crippen molar-refractivity contribution in [3.63, 3.8) is 0 Å². The molecule has 2 aromatic carbocycles. The first-order chi connectivity index (χ1) is 15.0. The van der Waals surface area contributed by atoms with Crippen molar-refractivity contribution in [3.8, 4) is 5.75 Å². The summed E-state index contributed by atoms with van der Waals surface area (Å²) in [7, 11) is 1.65. The summed E-state index contributed by atoms with van der Waals surface area (Å²) in [6, 6.07) is 16.2. The molecule has 1 aliphatic rings. The number of aromatic nitrogens is 1. The quantitative estimate of drug-likeness (QED) is 0.527. The van der Waals surface area contributed by atoms with Gasteiger partial charge < -0.3 is 19.9 Å². The van der Waals surface area contributed by atoms with Crippen LogP contribution in [0.4, 0.5) is 5.69 Å². The lowest BCUT2D eigenvalue weighted by atomic mass is 9.94. The van der Waals surface area contributed by atoms with Crippen molar-refractivity contribution in [3.05, 3.63) is 70.0 Å². The third-order valence-corrected chi connectivity index (χ3v) is 6.37. The maximum atomic E-state index is 12.9. The Morgan fingerprint density at radius 1 is 1.13 bits per heavy atom. The molecule has 1 heterocycles. The fourth-order valence-electron chi connectivity index (χ4n) is 4.29. The minimum atomic E-state index is -0.0499. The summed E-state index contributed by atoms with van der Waals surface area (Å²) in [6.45, 7) is 2.52. The first-order valence-corrected chi connectivity index (χ1v) is 11.3. The van der Waals surface area contributed by atoms with E-state index in [2.05, 4.69) is 27.3 Å². The molecule has 1 fully saturated rings. The number of anilines is 1. The van der Waals surface area contributed by atoms with E-state index in [1.54, 1.807) is 7.11 Å². The molecule has 1 saturated carbocycles. The van der Waals surface area contributed by atoms with Crippen LogP contribution in [-0.2, 0) is 6.54 Å². The van der Waals surface area contributed by atoms with E-state index in [1.807, 2.05) is 43.3 Å². The molecular weight excluding hydrogens is 406 g/mol. The van der Waals surface area contributed by atoms with E-state index in [0.29, 0.717) is 17.7 Å². The first kappa shape index (κ1) is 21.4. The molecule has 0 radical (unpaired) electrons. The third-order valence-electron chi connectivity index (χ3n) is 6.04. The molecule has 6 heteroatoms. The Kier molecular flexibility index (Phi) is 6.56. The topological polar surface area (TPSA) is 57.4 Å². The highest BCUT2D eigenvalue weighted by molar-refractivity contribution is 7.80. The van der Waals surface area contributed by atoms with E-state index in [1.165, 1.54) is 19.3 Å². The average molecular weight is 436 g/mol. The molecule has 0 saturated heterocycles. The van der Waals surface area contributed by atoms with Crippen LogP contribution >= 0.6 is 12.2 Å². The van der Waals surface area contributed by atoms with Crippen LogP contribution in [0, 0.1) is 6.92 Å². The number of nitrogens with zero attached hydrogens (tertiary/aromatic N) is 1. The summed E-state index contributed by atoms with van der Waals surface area (Å²) < 4.78 is 5.24. The van der Waals surface area contributed by atoms with Crippen LogP contribution in [0.5, 0.6) is 5.75 Å². The highest BCUT2D eigenvalue weighted by Crippen LogP contribution is 2.26. The summed E-state index contributed by atoms with van der Waals surface area (Å²) >= 11 is 5.83. The van der Waals surface area contributed by atoms with Gasteiger partial charge in [0.25, 0.3) is 5.56 Å². The van der Waals surface area contributed by atoms with Crippen LogP contribution in [0.25, 0.3) is 10.9 Å². The van der Waals surface area contributed by atoms with Gasteiger partial charge in [0.1, 0.15) is 5.75 Å². The van der Waals surface area contributed by atoms with Crippen molar-refractivity contribution in [2.24, 2.45) is 0 Å². The lowest BCUT2D eigenvalue weighted by Crippen LogP contribution is -2.44. The van der Waals surface area contributed by atoms with Gasteiger partial charge in [-0.2, -0.15) is 0 Å². The minimum Gasteiger partial charge on any atom is -0.497 e. The highest BCUT2D eigenvalue weighted by Gasteiger charge is 2.24. The van der Waals surface area contributed by atoms with Crippen LogP contribution in [0.3, 0.4) is 0 Å². The average Bonchev–Trinajstić information content (AvgIpc) is 2.78. The van der Waals surface area contributed by atoms with Crippen molar-refractivity contribution < 1.29 is 4.74 Å². The molecule has 0 unspecified atom stereocenters. The zero-order valence-corrected chi connectivity index (χ0v) is 18.9. The Balaban J connectivity index is 1.60. The van der Waals surface area contributed by atoms with Gasteiger partial charge in [-0.15, -0.1) is 0 Å². The monoisotopic (exact) mass is 435 g/mol. The number of H-pyrrole nitrogens is 1. The predicted octanol–water partition coefficient (Wildman–Crippen LogP) is 5.38. The lowest BCUT2D eigenvalue weighted by molar-refractivity contribution is 0.240. The largest absolute Gasteiger partial charge is 0.497 e. The Bertz CT molecular complexity index is 1120. The number of nitrogens with one attached hydrogen (secondary N) is 2. The summed E-state index contributed by atoms with van der Waals surface area (Å²) in [5.41, 5.74) is 3.60. The molecule has 0 spiro atoms. The third kappa shape index (κ3) is 5.07. The number of hydrogen-bond donors (Lipinski definition) is 2. The van der Waals surface area contributed by atoms with Crippen molar-refractivity contribution >= 4 is 33.9 Å². The summed E-state index contributed by atoms with van der Waals surface area (Å²) in [4.78, 5) is 18.1. The van der Waals surface area contributed by atoms with E-state index in [9.17, 15) is 4.79 Å². The zero-order valence-electron chi connectivity index (χ0n) is 18.1. The minimum absolute atomic E-state index is 0.0499. The molecule has 4 rings (SSSR count). The van der Waals surface area contributed by atoms with Crippen LogP contribution in [-0.4, -0.2) is 28.1 Å². The van der Waals surface area contributed by atoms with Crippen molar-refractivity contribution in [2.45, 2.75) is 51.6 Å². The van der Waals surface area contributed by atoms with Gasteiger partial charge in [-0.05, 0) is 79.3 Å². The molecule has 5 nitrogen and oxygen atoms in total. The molecule has 1 aromatic heterocycles. The smallest absolute Gasteiger partial charge is 0.253 e. The normalized spacial score (nSPS) is 14.4. The number of ether oxygens (including phenoxy) is 1. The summed E-state index contributed by atoms with van der Waals surface area (Å²) in [6.07, 6.45) is 5.84. The van der Waals surface area contributed by atoms with Crippen molar-refractivity contribution in [1.29, 1.82) is 0 Å². The van der Waals surface area contributed by atoms with Crippen LogP contribution in [0.1, 0.15) is 43.2 Å². The van der Waals surface area contributed by atoms with Gasteiger partial charge in [0.15, 0.2) is 5.11 Å². The van der Waals surface area contributed by atoms with Gasteiger partial charge in [0, 0.05) is 22.8 Å². The Labute approximate surface area is 188 Å². The van der Waals surface area contributed by atoms with Gasteiger partial charge in [0.05, 0.1) is 13.7 Å². The molecule has 2 N–H and O–H groups in total. The van der Waals surface area contributed by atoms with Gasteiger partial charge in [0.2, 0.25) is 0 Å². The molecular formula is C25H29N3O2S. The molecule has 1 aliphatic carbocycles. The Morgan fingerprint density at radius 3 is 2.58 bits per heavy atom. The molecule has 162 valence electrons. The SMILES string of the molecule is COc1ccc(NC(=S)N(Cc2cc3ccc(C)cc3[nH]c2=O)C2CCCCC2)cc1. The molecule has 3 aromatic rings. The standard InChI is InChI=1S/C25H29N3O2S/c1-17-8-9-18-15-19(24(29)27-23(18)14-17)16-28(21-6-4-3-5-7-21)25(31)26-20-10-12-22(30-2)13-11-20/h8-15,21H,3-7,16H2,1-2H3,(H,26,31)(H,27,29). The van der Waals surface area contributed by atoms with E-state index >= 15 is 0 Å². The molecule has 0 bridgehead atoms. The fourth-order valence-corrected chi connectivity index (χ4v) is 4.62. The summed E-state index contributed by atoms with van der Waals surface area (Å²) in [5.74, 6) is 0.804. The maximum Gasteiger partial charge on any atom is 0.253 e. The second-order valence-corrected chi connectivity index (χ2v) is 8.68. The lowest BCUT2D eigenvalue weighted by Gasteiger charge is -2.36. The number of hydrogen-bond acceptors (Lipinski definition) is 3. The second kappa shape index (κ2) is 9.52. The number of aryl methyl sites for hydroxylation is 1. The van der Waals surface area contributed by atoms with Gasteiger partial charge >= 0.3 is 0 Å². The Morgan fingerprint density at radius 2 is 1.87 bits per heavy atom. The van der Waals surface area contributed by atoms with E-state index in [-0.39, 0.29) is 5.56 Å². The van der Waals surface area contributed by atoms with Gasteiger partial charge in [-0.3, -0.25) is 4.79 Å². The molecule has 0 atom stereocenters. The second-order valence-electron chi connectivity index (χ2n) is 8.29. The zero-order chi connectivity index (χ0) is 21.8. The predicted molar refractivity (Wildman–Crippen MR) is 131 cm³/mol. The number of fused-ring (bicyclic) bond motifs is 1. The first-order valence-electron chi connectivity index (χ1n) is 10.9. The Hall–Kier alpha value is -2.86. The summed E-state index contributed by atoms with van der Waals surface area (Å²) in [5, 5.41) is 5.06. The van der Waals surface area contributed by atoms with E-state index in [0.717, 1.165) is 46.3 Å². The van der Waals surface area contributed by atoms with Crippen molar-refractivity contribution in [1.82, 2.24) is 9.88 Å². The fraction of sp³-hybridized carbons (Fsp3) is 0.360. The van der Waals surface area contributed by atoms with E-state index < -0.39 is 0 Å². The van der Waals surface area contributed by atoms with Gasteiger partial charge in [-0.1, -0.05) is 31.4 Å². The highest BCUT2D eigenvalue weighted by atomic mass is 32.1. The molecule has 0 amide bonds.